The summed E-state index contributed by atoms with van der Waals surface area (Å²) in [6.45, 7) is -0.439. The lowest BCUT2D eigenvalue weighted by Crippen LogP contribution is -2.51. The van der Waals surface area contributed by atoms with Crippen LogP contribution in [0.3, 0.4) is 0 Å². The fourth-order valence-corrected chi connectivity index (χ4v) is 3.18. The van der Waals surface area contributed by atoms with E-state index in [-0.39, 0.29) is 11.9 Å². The quantitative estimate of drug-likeness (QED) is 0.773. The molecule has 3 rings (SSSR count). The lowest BCUT2D eigenvalue weighted by molar-refractivity contribution is -0.124. The Bertz CT molecular complexity index is 756. The van der Waals surface area contributed by atoms with E-state index >= 15 is 0 Å². The van der Waals surface area contributed by atoms with Gasteiger partial charge in [-0.1, -0.05) is 37.5 Å². The molecule has 0 radical (unpaired) electrons. The van der Waals surface area contributed by atoms with Crippen LogP contribution in [0.2, 0.25) is 0 Å². The first-order valence-electron chi connectivity index (χ1n) is 8.74. The molecule has 0 bridgehead atoms. The highest BCUT2D eigenvalue weighted by Gasteiger charge is 2.24. The normalized spacial score (nSPS) is 16.4. The fraction of sp³-hybridized carbons (Fsp3) is 0.421. The van der Waals surface area contributed by atoms with Crippen molar-refractivity contribution in [1.29, 1.82) is 0 Å². The summed E-state index contributed by atoms with van der Waals surface area (Å²) in [7, 11) is 0. The van der Waals surface area contributed by atoms with E-state index < -0.39 is 18.6 Å². The van der Waals surface area contributed by atoms with Crippen molar-refractivity contribution in [2.75, 3.05) is 6.61 Å². The van der Waals surface area contributed by atoms with E-state index in [9.17, 15) is 14.7 Å². The first kappa shape index (κ1) is 17.4. The van der Waals surface area contributed by atoms with Crippen LogP contribution in [0.25, 0.3) is 10.9 Å². The number of fused-ring (bicyclic) bond motifs is 1. The third-order valence-electron chi connectivity index (χ3n) is 4.61. The molecule has 1 unspecified atom stereocenters. The van der Waals surface area contributed by atoms with Gasteiger partial charge in [0.05, 0.1) is 17.7 Å². The van der Waals surface area contributed by atoms with Crippen molar-refractivity contribution in [2.24, 2.45) is 0 Å². The minimum absolute atomic E-state index is 0.134. The van der Waals surface area contributed by atoms with Crippen LogP contribution in [0.4, 0.5) is 0 Å². The molecule has 6 heteroatoms. The second-order valence-electron chi connectivity index (χ2n) is 6.47. The van der Waals surface area contributed by atoms with Crippen molar-refractivity contribution in [3.05, 3.63) is 42.1 Å². The molecule has 2 amide bonds. The number of hydrogen-bond acceptors (Lipinski definition) is 4. The van der Waals surface area contributed by atoms with E-state index in [1.807, 2.05) is 24.3 Å². The predicted molar refractivity (Wildman–Crippen MR) is 95.1 cm³/mol. The van der Waals surface area contributed by atoms with E-state index in [0.29, 0.717) is 5.56 Å². The van der Waals surface area contributed by atoms with Crippen LogP contribution in [0.15, 0.2) is 36.5 Å². The maximum atomic E-state index is 12.4. The van der Waals surface area contributed by atoms with Gasteiger partial charge in [-0.2, -0.15) is 0 Å². The molecule has 132 valence electrons. The summed E-state index contributed by atoms with van der Waals surface area (Å²) in [6, 6.07) is 8.40. The van der Waals surface area contributed by atoms with Crippen LogP contribution in [0.5, 0.6) is 0 Å². The summed E-state index contributed by atoms with van der Waals surface area (Å²) in [5.74, 6) is -0.757. The average Bonchev–Trinajstić information content (AvgIpc) is 2.66. The molecule has 3 N–H and O–H groups in total. The molecule has 6 nitrogen and oxygen atoms in total. The molecule has 1 fully saturated rings. The zero-order chi connectivity index (χ0) is 17.6. The second-order valence-corrected chi connectivity index (χ2v) is 6.47. The number of aliphatic hydroxyl groups is 1. The van der Waals surface area contributed by atoms with Gasteiger partial charge in [-0.05, 0) is 25.0 Å². The summed E-state index contributed by atoms with van der Waals surface area (Å²) in [5, 5.41) is 15.9. The zero-order valence-corrected chi connectivity index (χ0v) is 14.1. The molecule has 1 aromatic heterocycles. The first-order valence-corrected chi connectivity index (χ1v) is 8.74. The van der Waals surface area contributed by atoms with Crippen LogP contribution < -0.4 is 10.6 Å². The Hall–Kier alpha value is -2.47. The van der Waals surface area contributed by atoms with Gasteiger partial charge in [0.2, 0.25) is 5.91 Å². The summed E-state index contributed by atoms with van der Waals surface area (Å²) in [5.41, 5.74) is 1.16. The van der Waals surface area contributed by atoms with Gasteiger partial charge in [0, 0.05) is 17.6 Å². The standard InChI is InChI=1S/C19H23N3O3/c23-12-17(19(25)21-15-7-2-1-3-8-15)22-18(24)14-10-13-6-4-5-9-16(13)20-11-14/h4-6,9-11,15,17,23H,1-3,7-8,12H2,(H,21,25)(H,22,24). The maximum absolute atomic E-state index is 12.4. The largest absolute Gasteiger partial charge is 0.394 e. The van der Waals surface area contributed by atoms with Crippen molar-refractivity contribution in [3.63, 3.8) is 0 Å². The van der Waals surface area contributed by atoms with Crippen molar-refractivity contribution in [3.8, 4) is 0 Å². The van der Waals surface area contributed by atoms with Gasteiger partial charge in [-0.25, -0.2) is 0 Å². The summed E-state index contributed by atoms with van der Waals surface area (Å²) < 4.78 is 0. The molecule has 1 saturated carbocycles. The number of benzene rings is 1. The Morgan fingerprint density at radius 2 is 1.96 bits per heavy atom. The van der Waals surface area contributed by atoms with Gasteiger partial charge in [0.1, 0.15) is 6.04 Å². The lowest BCUT2D eigenvalue weighted by Gasteiger charge is -2.25. The molecule has 1 heterocycles. The number of pyridine rings is 1. The Kier molecular flexibility index (Phi) is 5.60. The molecule has 1 aliphatic rings. The number of para-hydroxylation sites is 1. The average molecular weight is 341 g/mol. The number of aromatic nitrogens is 1. The SMILES string of the molecule is O=C(NC(CO)C(=O)NC1CCCCC1)c1cnc2ccccc2c1. The van der Waals surface area contributed by atoms with E-state index in [4.69, 9.17) is 0 Å². The fourth-order valence-electron chi connectivity index (χ4n) is 3.18. The van der Waals surface area contributed by atoms with Gasteiger partial charge >= 0.3 is 0 Å². The molecule has 1 atom stereocenters. The van der Waals surface area contributed by atoms with Gasteiger partial charge in [-0.15, -0.1) is 0 Å². The molecule has 0 spiro atoms. The predicted octanol–water partition coefficient (Wildman–Crippen LogP) is 1.77. The summed E-state index contributed by atoms with van der Waals surface area (Å²) in [4.78, 5) is 29.0. The Morgan fingerprint density at radius 1 is 1.20 bits per heavy atom. The van der Waals surface area contributed by atoms with E-state index in [2.05, 4.69) is 15.6 Å². The summed E-state index contributed by atoms with van der Waals surface area (Å²) in [6.07, 6.45) is 6.78. The van der Waals surface area contributed by atoms with Crippen molar-refractivity contribution in [2.45, 2.75) is 44.2 Å². The molecule has 0 saturated heterocycles. The van der Waals surface area contributed by atoms with Gasteiger partial charge in [0.25, 0.3) is 5.91 Å². The topological polar surface area (TPSA) is 91.3 Å². The summed E-state index contributed by atoms with van der Waals surface area (Å²) >= 11 is 0. The zero-order valence-electron chi connectivity index (χ0n) is 14.1. The van der Waals surface area contributed by atoms with Crippen LogP contribution in [0.1, 0.15) is 42.5 Å². The highest BCUT2D eigenvalue weighted by Crippen LogP contribution is 2.17. The number of rotatable bonds is 5. The van der Waals surface area contributed by atoms with Gasteiger partial charge in [0.15, 0.2) is 0 Å². The number of amides is 2. The highest BCUT2D eigenvalue weighted by molar-refractivity contribution is 5.99. The van der Waals surface area contributed by atoms with Crippen LogP contribution >= 0.6 is 0 Å². The number of carbonyl (C=O) groups excluding carboxylic acids is 2. The number of carbonyl (C=O) groups is 2. The van der Waals surface area contributed by atoms with Crippen LogP contribution in [-0.4, -0.2) is 40.6 Å². The molecular weight excluding hydrogens is 318 g/mol. The highest BCUT2D eigenvalue weighted by atomic mass is 16.3. The van der Waals surface area contributed by atoms with Gasteiger partial charge < -0.3 is 15.7 Å². The molecule has 0 aliphatic heterocycles. The number of nitrogens with one attached hydrogen (secondary N) is 2. The molecule has 1 aromatic carbocycles. The Balaban J connectivity index is 1.64. The van der Waals surface area contributed by atoms with E-state index in [0.717, 1.165) is 36.6 Å². The monoisotopic (exact) mass is 341 g/mol. The minimum atomic E-state index is -0.958. The van der Waals surface area contributed by atoms with Gasteiger partial charge in [-0.3, -0.25) is 14.6 Å². The van der Waals surface area contributed by atoms with Crippen LogP contribution in [0, 0.1) is 0 Å². The molecule has 2 aromatic rings. The minimum Gasteiger partial charge on any atom is -0.394 e. The third kappa shape index (κ3) is 4.33. The smallest absolute Gasteiger partial charge is 0.253 e. The van der Waals surface area contributed by atoms with Crippen LogP contribution in [-0.2, 0) is 4.79 Å². The second kappa shape index (κ2) is 8.07. The number of hydrogen-bond donors (Lipinski definition) is 3. The maximum Gasteiger partial charge on any atom is 0.253 e. The Labute approximate surface area is 146 Å². The number of nitrogens with zero attached hydrogens (tertiary/aromatic N) is 1. The molecular formula is C19H23N3O3. The van der Waals surface area contributed by atoms with E-state index in [1.54, 1.807) is 6.07 Å². The first-order chi connectivity index (χ1) is 12.2. The van der Waals surface area contributed by atoms with Crippen molar-refractivity contribution >= 4 is 22.7 Å². The Morgan fingerprint density at radius 3 is 2.72 bits per heavy atom. The van der Waals surface area contributed by atoms with Crippen molar-refractivity contribution in [1.82, 2.24) is 15.6 Å². The van der Waals surface area contributed by atoms with E-state index in [1.165, 1.54) is 12.6 Å². The number of aliphatic hydroxyl groups excluding tert-OH is 1. The lowest BCUT2D eigenvalue weighted by atomic mass is 9.95. The van der Waals surface area contributed by atoms with Crippen molar-refractivity contribution < 1.29 is 14.7 Å². The molecule has 1 aliphatic carbocycles. The third-order valence-corrected chi connectivity index (χ3v) is 4.61. The molecule has 25 heavy (non-hydrogen) atoms.